The lowest BCUT2D eigenvalue weighted by atomic mass is 10.0. The van der Waals surface area contributed by atoms with Gasteiger partial charge < -0.3 is 14.8 Å². The first-order chi connectivity index (χ1) is 8.83. The highest BCUT2D eigenvalue weighted by Gasteiger charge is 2.13. The van der Waals surface area contributed by atoms with E-state index < -0.39 is 0 Å². The maximum Gasteiger partial charge on any atom is 0.161 e. The zero-order chi connectivity index (χ0) is 12.8. The molecule has 2 rings (SSSR count). The molecule has 0 atom stereocenters. The summed E-state index contributed by atoms with van der Waals surface area (Å²) in [5.41, 5.74) is 0. The number of piperidine rings is 1. The summed E-state index contributed by atoms with van der Waals surface area (Å²) in [5.74, 6) is 3.64. The SMILES string of the molecule is COc1ccc(SCC2CCNCC2)cc1OC. The van der Waals surface area contributed by atoms with Gasteiger partial charge in [-0.2, -0.15) is 0 Å². The molecule has 0 saturated carbocycles. The first-order valence-corrected chi connectivity index (χ1v) is 7.37. The van der Waals surface area contributed by atoms with E-state index in [1.54, 1.807) is 14.2 Å². The number of hydrogen-bond acceptors (Lipinski definition) is 4. The van der Waals surface area contributed by atoms with Gasteiger partial charge in [0.2, 0.25) is 0 Å². The van der Waals surface area contributed by atoms with Crippen LogP contribution < -0.4 is 14.8 Å². The van der Waals surface area contributed by atoms with E-state index in [2.05, 4.69) is 17.4 Å². The molecular formula is C14H21NO2S. The summed E-state index contributed by atoms with van der Waals surface area (Å²) in [6.07, 6.45) is 2.58. The average Bonchev–Trinajstić information content (AvgIpc) is 2.45. The van der Waals surface area contributed by atoms with Crippen LogP contribution in [0.15, 0.2) is 23.1 Å². The molecule has 1 aromatic carbocycles. The first kappa shape index (κ1) is 13.6. The lowest BCUT2D eigenvalue weighted by Gasteiger charge is -2.22. The molecule has 1 N–H and O–H groups in total. The fourth-order valence-electron chi connectivity index (χ4n) is 2.17. The molecule has 0 aliphatic carbocycles. The van der Waals surface area contributed by atoms with Crippen molar-refractivity contribution in [3.05, 3.63) is 18.2 Å². The molecule has 0 bridgehead atoms. The molecule has 100 valence electrons. The highest BCUT2D eigenvalue weighted by Crippen LogP contribution is 2.33. The standard InChI is InChI=1S/C14H21NO2S/c1-16-13-4-3-12(9-14(13)17-2)18-10-11-5-7-15-8-6-11/h3-4,9,11,15H,5-8,10H2,1-2H3. The van der Waals surface area contributed by atoms with Crippen molar-refractivity contribution >= 4 is 11.8 Å². The van der Waals surface area contributed by atoms with Crippen molar-refractivity contribution in [3.63, 3.8) is 0 Å². The molecular weight excluding hydrogens is 246 g/mol. The largest absolute Gasteiger partial charge is 0.493 e. The van der Waals surface area contributed by atoms with Gasteiger partial charge in [0.15, 0.2) is 11.5 Å². The topological polar surface area (TPSA) is 30.5 Å². The lowest BCUT2D eigenvalue weighted by molar-refractivity contribution is 0.354. The molecule has 1 aliphatic heterocycles. The molecule has 0 aromatic heterocycles. The van der Waals surface area contributed by atoms with Gasteiger partial charge in [0.25, 0.3) is 0 Å². The first-order valence-electron chi connectivity index (χ1n) is 6.39. The van der Waals surface area contributed by atoms with Crippen molar-refractivity contribution in [3.8, 4) is 11.5 Å². The molecule has 4 heteroatoms. The third-order valence-corrected chi connectivity index (χ3v) is 4.52. The molecule has 1 aromatic rings. The molecule has 0 radical (unpaired) electrons. The van der Waals surface area contributed by atoms with Crippen LogP contribution >= 0.6 is 11.8 Å². The Morgan fingerprint density at radius 3 is 2.56 bits per heavy atom. The number of nitrogens with one attached hydrogen (secondary N) is 1. The van der Waals surface area contributed by atoms with E-state index in [-0.39, 0.29) is 0 Å². The fourth-order valence-corrected chi connectivity index (χ4v) is 3.28. The highest BCUT2D eigenvalue weighted by atomic mass is 32.2. The fraction of sp³-hybridized carbons (Fsp3) is 0.571. The normalized spacial score (nSPS) is 16.6. The van der Waals surface area contributed by atoms with E-state index >= 15 is 0 Å². The van der Waals surface area contributed by atoms with Crippen molar-refractivity contribution in [2.75, 3.05) is 33.1 Å². The molecule has 1 heterocycles. The van der Waals surface area contributed by atoms with Crippen LogP contribution in [0.1, 0.15) is 12.8 Å². The lowest BCUT2D eigenvalue weighted by Crippen LogP contribution is -2.28. The Balaban J connectivity index is 1.92. The summed E-state index contributed by atoms with van der Waals surface area (Å²) in [5, 5.41) is 3.40. The van der Waals surface area contributed by atoms with Gasteiger partial charge in [0.1, 0.15) is 0 Å². The highest BCUT2D eigenvalue weighted by molar-refractivity contribution is 7.99. The van der Waals surface area contributed by atoms with E-state index in [1.807, 2.05) is 17.8 Å². The molecule has 1 saturated heterocycles. The van der Waals surface area contributed by atoms with Crippen LogP contribution in [0.2, 0.25) is 0 Å². The molecule has 1 aliphatic rings. The summed E-state index contributed by atoms with van der Waals surface area (Å²) in [6, 6.07) is 6.14. The third-order valence-electron chi connectivity index (χ3n) is 3.30. The van der Waals surface area contributed by atoms with Gasteiger partial charge in [-0.25, -0.2) is 0 Å². The van der Waals surface area contributed by atoms with Crippen LogP contribution in [0, 0.1) is 5.92 Å². The van der Waals surface area contributed by atoms with Gasteiger partial charge in [-0.3, -0.25) is 0 Å². The average molecular weight is 267 g/mol. The summed E-state index contributed by atoms with van der Waals surface area (Å²) in [6.45, 7) is 2.33. The second-order valence-corrected chi connectivity index (χ2v) is 5.61. The van der Waals surface area contributed by atoms with Crippen LogP contribution in [-0.2, 0) is 0 Å². The maximum atomic E-state index is 5.32. The Kier molecular flexibility index (Phi) is 5.20. The summed E-state index contributed by atoms with van der Waals surface area (Å²) in [7, 11) is 3.35. The van der Waals surface area contributed by atoms with Crippen LogP contribution in [0.5, 0.6) is 11.5 Å². The van der Waals surface area contributed by atoms with Gasteiger partial charge in [-0.15, -0.1) is 11.8 Å². The minimum atomic E-state index is 0.795. The van der Waals surface area contributed by atoms with Crippen molar-refractivity contribution < 1.29 is 9.47 Å². The second kappa shape index (κ2) is 6.90. The number of thioether (sulfide) groups is 1. The number of ether oxygens (including phenoxy) is 2. The van der Waals surface area contributed by atoms with Crippen LogP contribution in [0.25, 0.3) is 0 Å². The molecule has 1 fully saturated rings. The zero-order valence-electron chi connectivity index (χ0n) is 11.1. The van der Waals surface area contributed by atoms with E-state index in [9.17, 15) is 0 Å². The van der Waals surface area contributed by atoms with Crippen LogP contribution in [-0.4, -0.2) is 33.1 Å². The minimum Gasteiger partial charge on any atom is -0.493 e. The van der Waals surface area contributed by atoms with E-state index in [0.717, 1.165) is 30.5 Å². The molecule has 0 spiro atoms. The Bertz CT molecular complexity index is 378. The van der Waals surface area contributed by atoms with Crippen LogP contribution in [0.3, 0.4) is 0 Å². The van der Waals surface area contributed by atoms with Crippen molar-refractivity contribution in [2.24, 2.45) is 5.92 Å². The second-order valence-electron chi connectivity index (χ2n) is 4.52. The van der Waals surface area contributed by atoms with Crippen molar-refractivity contribution in [1.29, 1.82) is 0 Å². The zero-order valence-corrected chi connectivity index (χ0v) is 11.9. The molecule has 0 amide bonds. The molecule has 0 unspecified atom stereocenters. The van der Waals surface area contributed by atoms with Gasteiger partial charge in [-0.05, 0) is 50.0 Å². The van der Waals surface area contributed by atoms with Crippen LogP contribution in [0.4, 0.5) is 0 Å². The van der Waals surface area contributed by atoms with E-state index in [1.165, 1.54) is 23.5 Å². The predicted molar refractivity (Wildman–Crippen MR) is 75.9 cm³/mol. The third kappa shape index (κ3) is 3.56. The Labute approximate surface area is 113 Å². The summed E-state index contributed by atoms with van der Waals surface area (Å²) < 4.78 is 10.6. The van der Waals surface area contributed by atoms with E-state index in [0.29, 0.717) is 0 Å². The Morgan fingerprint density at radius 1 is 1.17 bits per heavy atom. The number of rotatable bonds is 5. The van der Waals surface area contributed by atoms with Gasteiger partial charge >= 0.3 is 0 Å². The summed E-state index contributed by atoms with van der Waals surface area (Å²) >= 11 is 1.91. The van der Waals surface area contributed by atoms with Gasteiger partial charge in [-0.1, -0.05) is 0 Å². The molecule has 3 nitrogen and oxygen atoms in total. The smallest absolute Gasteiger partial charge is 0.161 e. The number of benzene rings is 1. The quantitative estimate of drug-likeness (QED) is 0.831. The minimum absolute atomic E-state index is 0.795. The Hall–Kier alpha value is -0.870. The van der Waals surface area contributed by atoms with E-state index in [4.69, 9.17) is 9.47 Å². The maximum absolute atomic E-state index is 5.32. The number of methoxy groups -OCH3 is 2. The summed E-state index contributed by atoms with van der Waals surface area (Å²) in [4.78, 5) is 1.26. The van der Waals surface area contributed by atoms with Gasteiger partial charge in [0.05, 0.1) is 14.2 Å². The molecule has 18 heavy (non-hydrogen) atoms. The van der Waals surface area contributed by atoms with Gasteiger partial charge in [0, 0.05) is 10.6 Å². The van der Waals surface area contributed by atoms with Crippen molar-refractivity contribution in [1.82, 2.24) is 5.32 Å². The Morgan fingerprint density at radius 2 is 1.89 bits per heavy atom. The number of hydrogen-bond donors (Lipinski definition) is 1. The predicted octanol–water partition coefficient (Wildman–Crippen LogP) is 2.80. The monoisotopic (exact) mass is 267 g/mol. The van der Waals surface area contributed by atoms with Crippen molar-refractivity contribution in [2.45, 2.75) is 17.7 Å².